The molecular formula is C19H30N2O5Si. The molecule has 0 unspecified atom stereocenters. The van der Waals surface area contributed by atoms with Gasteiger partial charge < -0.3 is 20.2 Å². The van der Waals surface area contributed by atoms with Crippen LogP contribution < -0.4 is 10.6 Å². The Bertz CT molecular complexity index is 680. The Kier molecular flexibility index (Phi) is 7.73. The van der Waals surface area contributed by atoms with Crippen LogP contribution >= 0.6 is 0 Å². The van der Waals surface area contributed by atoms with Crippen molar-refractivity contribution >= 4 is 31.8 Å². The quantitative estimate of drug-likeness (QED) is 0.587. The molecule has 0 fully saturated rings. The number of nitrogens with one attached hydrogen (secondary N) is 2. The van der Waals surface area contributed by atoms with Crippen LogP contribution in [0.2, 0.25) is 18.1 Å². The minimum Gasteiger partial charge on any atom is -0.480 e. The number of hydrogen-bond donors (Lipinski definition) is 3. The van der Waals surface area contributed by atoms with Crippen molar-refractivity contribution in [2.24, 2.45) is 0 Å². The van der Waals surface area contributed by atoms with Crippen LogP contribution in [-0.2, 0) is 14.0 Å². The molecule has 1 atom stereocenters. The molecule has 0 aliphatic rings. The maximum atomic E-state index is 12.3. The average Bonchev–Trinajstić information content (AvgIpc) is 2.52. The Morgan fingerprint density at radius 1 is 1.15 bits per heavy atom. The lowest BCUT2D eigenvalue weighted by molar-refractivity contribution is -0.139. The number of carbonyl (C=O) groups is 3. The molecule has 1 rings (SSSR count). The molecule has 0 radical (unpaired) electrons. The summed E-state index contributed by atoms with van der Waals surface area (Å²) in [6.07, 6.45) is 0.192. The molecule has 3 N–H and O–H groups in total. The van der Waals surface area contributed by atoms with E-state index in [0.717, 1.165) is 0 Å². The van der Waals surface area contributed by atoms with E-state index in [1.54, 1.807) is 12.1 Å². The molecule has 0 aliphatic carbocycles. The van der Waals surface area contributed by atoms with Crippen LogP contribution in [0.4, 0.5) is 5.69 Å². The second-order valence-corrected chi connectivity index (χ2v) is 12.8. The Morgan fingerprint density at radius 3 is 2.15 bits per heavy atom. The van der Waals surface area contributed by atoms with E-state index in [2.05, 4.69) is 44.5 Å². The molecule has 0 aliphatic heterocycles. The summed E-state index contributed by atoms with van der Waals surface area (Å²) in [5.41, 5.74) is 0.886. The Balaban J connectivity index is 2.67. The van der Waals surface area contributed by atoms with E-state index in [9.17, 15) is 19.5 Å². The van der Waals surface area contributed by atoms with Crippen molar-refractivity contribution in [1.29, 1.82) is 0 Å². The standard InChI is InChI=1S/C19H30N2O5Si/c1-13(22)20-15-9-7-14(8-10-15)17(23)21-16(18(24)25)11-12-26-27(5,6)19(2,3)4/h7-10,16H,11-12H2,1-6H3,(H,20,22)(H,21,23)(H,24,25)/t16-/m0/s1. The largest absolute Gasteiger partial charge is 0.480 e. The number of aliphatic carboxylic acids is 1. The molecule has 2 amide bonds. The van der Waals surface area contributed by atoms with Crippen molar-refractivity contribution in [3.8, 4) is 0 Å². The lowest BCUT2D eigenvalue weighted by atomic mass is 10.1. The maximum absolute atomic E-state index is 12.3. The average molecular weight is 395 g/mol. The molecule has 27 heavy (non-hydrogen) atoms. The molecule has 1 aromatic rings. The third-order valence-corrected chi connectivity index (χ3v) is 9.28. The number of anilines is 1. The Hall–Kier alpha value is -2.19. The van der Waals surface area contributed by atoms with Gasteiger partial charge in [0.25, 0.3) is 5.91 Å². The molecule has 8 heteroatoms. The third-order valence-electron chi connectivity index (χ3n) is 4.75. The fraction of sp³-hybridized carbons (Fsp3) is 0.526. The summed E-state index contributed by atoms with van der Waals surface area (Å²) in [7, 11) is -1.97. The van der Waals surface area contributed by atoms with Gasteiger partial charge in [-0.15, -0.1) is 0 Å². The van der Waals surface area contributed by atoms with Gasteiger partial charge in [-0.05, 0) is 42.4 Å². The van der Waals surface area contributed by atoms with Gasteiger partial charge in [0.15, 0.2) is 8.32 Å². The first-order chi connectivity index (χ1) is 12.3. The summed E-state index contributed by atoms with van der Waals surface area (Å²) >= 11 is 0. The van der Waals surface area contributed by atoms with Crippen molar-refractivity contribution in [1.82, 2.24) is 5.32 Å². The lowest BCUT2D eigenvalue weighted by Gasteiger charge is -2.36. The lowest BCUT2D eigenvalue weighted by Crippen LogP contribution is -2.44. The smallest absolute Gasteiger partial charge is 0.326 e. The molecule has 0 spiro atoms. The summed E-state index contributed by atoms with van der Waals surface area (Å²) < 4.78 is 6.00. The van der Waals surface area contributed by atoms with Gasteiger partial charge in [0.1, 0.15) is 6.04 Å². The predicted octanol–water partition coefficient (Wildman–Crippen LogP) is 3.24. The molecule has 150 valence electrons. The molecule has 0 saturated heterocycles. The summed E-state index contributed by atoms with van der Waals surface area (Å²) in [6.45, 7) is 12.2. The molecule has 7 nitrogen and oxygen atoms in total. The fourth-order valence-electron chi connectivity index (χ4n) is 2.06. The first-order valence-corrected chi connectivity index (χ1v) is 11.8. The van der Waals surface area contributed by atoms with E-state index in [1.165, 1.54) is 19.1 Å². The number of hydrogen-bond acceptors (Lipinski definition) is 4. The monoisotopic (exact) mass is 394 g/mol. The third kappa shape index (κ3) is 7.14. The number of carboxylic acid groups (broad SMARTS) is 1. The van der Waals surface area contributed by atoms with Gasteiger partial charge in [0.2, 0.25) is 5.91 Å². The van der Waals surface area contributed by atoms with Crippen molar-refractivity contribution in [2.45, 2.75) is 58.3 Å². The number of carboxylic acids is 1. The minimum atomic E-state index is -1.97. The SMILES string of the molecule is CC(=O)Nc1ccc(C(=O)N[C@@H](CCO[Si](C)(C)C(C)(C)C)C(=O)O)cc1. The second-order valence-electron chi connectivity index (χ2n) is 8.02. The first-order valence-electron chi connectivity index (χ1n) is 8.89. The van der Waals surface area contributed by atoms with Crippen molar-refractivity contribution in [3.63, 3.8) is 0 Å². The van der Waals surface area contributed by atoms with Crippen LogP contribution in [0.5, 0.6) is 0 Å². The van der Waals surface area contributed by atoms with Gasteiger partial charge in [-0.25, -0.2) is 4.79 Å². The van der Waals surface area contributed by atoms with E-state index in [4.69, 9.17) is 4.43 Å². The van der Waals surface area contributed by atoms with Crippen molar-refractivity contribution in [2.75, 3.05) is 11.9 Å². The highest BCUT2D eigenvalue weighted by Crippen LogP contribution is 2.36. The highest BCUT2D eigenvalue weighted by Gasteiger charge is 2.37. The highest BCUT2D eigenvalue weighted by atomic mass is 28.4. The zero-order chi connectivity index (χ0) is 20.8. The minimum absolute atomic E-state index is 0.0324. The predicted molar refractivity (Wildman–Crippen MR) is 107 cm³/mol. The van der Waals surface area contributed by atoms with E-state index in [1.807, 2.05) is 0 Å². The summed E-state index contributed by atoms with van der Waals surface area (Å²) in [5.74, 6) is -1.79. The summed E-state index contributed by atoms with van der Waals surface area (Å²) in [4.78, 5) is 34.8. The van der Waals surface area contributed by atoms with Crippen molar-refractivity contribution < 1.29 is 23.9 Å². The van der Waals surface area contributed by atoms with E-state index in [0.29, 0.717) is 11.3 Å². The van der Waals surface area contributed by atoms with Crippen LogP contribution in [0.3, 0.4) is 0 Å². The maximum Gasteiger partial charge on any atom is 0.326 e. The van der Waals surface area contributed by atoms with Gasteiger partial charge in [-0.3, -0.25) is 9.59 Å². The van der Waals surface area contributed by atoms with Gasteiger partial charge >= 0.3 is 5.97 Å². The molecule has 0 saturated carbocycles. The van der Waals surface area contributed by atoms with Crippen LogP contribution in [0.15, 0.2) is 24.3 Å². The number of amides is 2. The zero-order valence-corrected chi connectivity index (χ0v) is 17.9. The molecule has 1 aromatic carbocycles. The highest BCUT2D eigenvalue weighted by molar-refractivity contribution is 6.74. The normalized spacial score (nSPS) is 13.0. The molecule has 0 heterocycles. The second kappa shape index (κ2) is 9.14. The zero-order valence-electron chi connectivity index (χ0n) is 16.9. The van der Waals surface area contributed by atoms with Crippen LogP contribution in [0.25, 0.3) is 0 Å². The number of benzene rings is 1. The molecular weight excluding hydrogens is 364 g/mol. The number of carbonyl (C=O) groups excluding carboxylic acids is 2. The van der Waals surface area contributed by atoms with Gasteiger partial charge in [0.05, 0.1) is 0 Å². The summed E-state index contributed by atoms with van der Waals surface area (Å²) in [6, 6.07) is 5.22. The first kappa shape index (κ1) is 22.8. The van der Waals surface area contributed by atoms with E-state index >= 15 is 0 Å². The molecule has 0 bridgehead atoms. The molecule has 0 aromatic heterocycles. The number of rotatable bonds is 8. The van der Waals surface area contributed by atoms with Gasteiger partial charge in [0, 0.05) is 31.2 Å². The van der Waals surface area contributed by atoms with Crippen LogP contribution in [0.1, 0.15) is 44.5 Å². The van der Waals surface area contributed by atoms with Gasteiger partial charge in [-0.1, -0.05) is 20.8 Å². The Morgan fingerprint density at radius 2 is 1.70 bits per heavy atom. The van der Waals surface area contributed by atoms with Crippen LogP contribution in [0, 0.1) is 0 Å². The van der Waals surface area contributed by atoms with Crippen LogP contribution in [-0.4, -0.2) is 43.9 Å². The Labute approximate surface area is 161 Å². The topological polar surface area (TPSA) is 105 Å². The fourth-order valence-corrected chi connectivity index (χ4v) is 3.12. The van der Waals surface area contributed by atoms with E-state index in [-0.39, 0.29) is 24.0 Å². The van der Waals surface area contributed by atoms with E-state index < -0.39 is 26.2 Å². The van der Waals surface area contributed by atoms with Crippen molar-refractivity contribution in [3.05, 3.63) is 29.8 Å². The summed E-state index contributed by atoms with van der Waals surface area (Å²) in [5, 5.41) is 14.6. The van der Waals surface area contributed by atoms with Gasteiger partial charge in [-0.2, -0.15) is 0 Å².